The van der Waals surface area contributed by atoms with Crippen LogP contribution in [0, 0.1) is 80.9 Å². The zero-order valence-electron chi connectivity index (χ0n) is 17.5. The van der Waals surface area contributed by atoms with Gasteiger partial charge in [-0.05, 0) is 0 Å². The fraction of sp³-hybridized carbons (Fsp3) is 1.00. The van der Waals surface area contributed by atoms with Gasteiger partial charge in [-0.3, -0.25) is 90.7 Å². The maximum Gasteiger partial charge on any atom is 0.701 e. The molecule has 0 amide bonds. The zero-order chi connectivity index (χ0) is 28.2. The van der Waals surface area contributed by atoms with E-state index < -0.39 is 102 Å². The summed E-state index contributed by atoms with van der Waals surface area (Å²) in [5, 5.41) is 89.5. The van der Waals surface area contributed by atoms with Crippen LogP contribution in [0.3, 0.4) is 0 Å². The first kappa shape index (κ1) is 29.2. The van der Waals surface area contributed by atoms with Crippen molar-refractivity contribution in [1.82, 2.24) is 9.80 Å². The van der Waals surface area contributed by atoms with Gasteiger partial charge < -0.3 is 0 Å². The Bertz CT molecular complexity index is 864. The molecule has 26 nitrogen and oxygen atoms in total. The molecule has 0 saturated carbocycles. The highest BCUT2D eigenvalue weighted by molar-refractivity contribution is 4.84. The van der Waals surface area contributed by atoms with Gasteiger partial charge >= 0.3 is 17.2 Å². The van der Waals surface area contributed by atoms with Gasteiger partial charge in [0, 0.05) is 13.1 Å². The quantitative estimate of drug-likeness (QED) is 0.128. The SMILES string of the molecule is O=[N+]([O-])C1([N+](=O)[O-])CN(CCC([N+](=O)[O-])([N+](=O)[O-])[N+](=O)[O-])CN(CCC([N+](=O)[O-])([N+](=O)[O-])[N+](=O)[O-])C1. The van der Waals surface area contributed by atoms with Crippen LogP contribution in [0.25, 0.3) is 0 Å². The van der Waals surface area contributed by atoms with Crippen molar-refractivity contribution in [3.8, 4) is 0 Å². The minimum Gasteiger partial charge on any atom is -0.276 e. The topological polar surface area (TPSA) is 352 Å². The molecule has 26 heteroatoms. The molecule has 0 aromatic heterocycles. The van der Waals surface area contributed by atoms with E-state index in [0.717, 1.165) is 0 Å². The van der Waals surface area contributed by atoms with E-state index in [1.807, 2.05) is 0 Å². The molecule has 0 atom stereocenters. The van der Waals surface area contributed by atoms with E-state index in [1.165, 1.54) is 0 Å². The first-order valence-corrected chi connectivity index (χ1v) is 9.02. The molecule has 0 spiro atoms. The first-order valence-electron chi connectivity index (χ1n) is 9.02. The van der Waals surface area contributed by atoms with E-state index in [9.17, 15) is 80.9 Å². The minimum atomic E-state index is -4.04. The van der Waals surface area contributed by atoms with Crippen molar-refractivity contribution in [1.29, 1.82) is 0 Å². The Balaban J connectivity index is 3.38. The van der Waals surface area contributed by atoms with Crippen LogP contribution in [-0.2, 0) is 0 Å². The fourth-order valence-electron chi connectivity index (χ4n) is 3.31. The Morgan fingerprint density at radius 1 is 0.528 bits per heavy atom. The van der Waals surface area contributed by atoms with E-state index in [-0.39, 0.29) is 0 Å². The second-order valence-corrected chi connectivity index (χ2v) is 7.33. The van der Waals surface area contributed by atoms with Crippen molar-refractivity contribution in [2.45, 2.75) is 30.1 Å². The third-order valence-corrected chi connectivity index (χ3v) is 5.31. The van der Waals surface area contributed by atoms with Crippen molar-refractivity contribution in [2.24, 2.45) is 0 Å². The van der Waals surface area contributed by atoms with E-state index in [2.05, 4.69) is 0 Å². The Morgan fingerprint density at radius 2 is 0.778 bits per heavy atom. The van der Waals surface area contributed by atoms with Gasteiger partial charge in [0.05, 0.1) is 6.67 Å². The van der Waals surface area contributed by atoms with E-state index in [4.69, 9.17) is 0 Å². The Hall–Kier alpha value is -4.88. The van der Waals surface area contributed by atoms with Crippen molar-refractivity contribution < 1.29 is 39.4 Å². The maximum absolute atomic E-state index is 11.5. The lowest BCUT2D eigenvalue weighted by Gasteiger charge is -2.37. The highest BCUT2D eigenvalue weighted by Crippen LogP contribution is 2.26. The van der Waals surface area contributed by atoms with Gasteiger partial charge in [-0.2, -0.15) is 0 Å². The molecule has 0 bridgehead atoms. The van der Waals surface area contributed by atoms with Gasteiger partial charge in [-0.25, -0.2) is 0 Å². The predicted octanol–water partition coefficient (Wildman–Crippen LogP) is -2.44. The van der Waals surface area contributed by atoms with Crippen molar-refractivity contribution in [2.75, 3.05) is 32.8 Å². The molecule has 0 radical (unpaired) electrons. The largest absolute Gasteiger partial charge is 0.701 e. The first-order chi connectivity index (χ1) is 16.4. The minimum absolute atomic E-state index is 0.562. The standard InChI is InChI=1S/C10H14N10O16/c21-13(22)8(14(23)24)5-11(3-1-9(15(25)26,16(27)28)17(29)30)7-12(6-8)4-2-10(18(31)32,19(33)34)20(35)36/h1-7H2. The molecular weight excluding hydrogens is 516 g/mol. The van der Waals surface area contributed by atoms with Crippen molar-refractivity contribution in [3.05, 3.63) is 80.9 Å². The fourth-order valence-corrected chi connectivity index (χ4v) is 3.31. The molecule has 1 fully saturated rings. The summed E-state index contributed by atoms with van der Waals surface area (Å²) < 4.78 is 0. The molecule has 0 aromatic carbocycles. The molecule has 1 saturated heterocycles. The van der Waals surface area contributed by atoms with Gasteiger partial charge in [-0.1, -0.05) is 0 Å². The third kappa shape index (κ3) is 4.82. The third-order valence-electron chi connectivity index (χ3n) is 5.31. The van der Waals surface area contributed by atoms with Gasteiger partial charge in [0.1, 0.15) is 22.9 Å². The number of nitro groups is 8. The molecule has 0 unspecified atom stereocenters. The second kappa shape index (κ2) is 10.2. The molecule has 1 aliphatic heterocycles. The van der Waals surface area contributed by atoms with Gasteiger partial charge in [0.15, 0.2) is 42.4 Å². The van der Waals surface area contributed by atoms with E-state index in [1.54, 1.807) is 0 Å². The van der Waals surface area contributed by atoms with Crippen molar-refractivity contribution in [3.63, 3.8) is 0 Å². The highest BCUT2D eigenvalue weighted by atomic mass is 16.7. The maximum atomic E-state index is 11.5. The number of hydrogen-bond acceptors (Lipinski definition) is 18. The molecular formula is C10H14N10O16. The smallest absolute Gasteiger partial charge is 0.276 e. The Kier molecular flexibility index (Phi) is 8.23. The lowest BCUT2D eigenvalue weighted by Crippen LogP contribution is -2.68. The molecule has 0 N–H and O–H groups in total. The van der Waals surface area contributed by atoms with Crippen LogP contribution in [0.5, 0.6) is 0 Å². The summed E-state index contributed by atoms with van der Waals surface area (Å²) in [6.45, 7) is -5.42. The van der Waals surface area contributed by atoms with Crippen molar-refractivity contribution >= 4 is 0 Å². The van der Waals surface area contributed by atoms with Crippen LogP contribution in [0.4, 0.5) is 0 Å². The summed E-state index contributed by atoms with van der Waals surface area (Å²) in [4.78, 5) is 76.6. The number of hydrogen-bond donors (Lipinski definition) is 0. The molecule has 1 heterocycles. The lowest BCUT2D eigenvalue weighted by molar-refractivity contribution is -0.970. The number of rotatable bonds is 14. The van der Waals surface area contributed by atoms with Crippen LogP contribution >= 0.6 is 0 Å². The summed E-state index contributed by atoms with van der Waals surface area (Å²) in [5.74, 6) is -8.07. The van der Waals surface area contributed by atoms with E-state index in [0.29, 0.717) is 9.80 Å². The molecule has 36 heavy (non-hydrogen) atoms. The predicted molar refractivity (Wildman–Crippen MR) is 101 cm³/mol. The number of nitrogens with zero attached hydrogens (tertiary/aromatic N) is 10. The molecule has 1 aliphatic rings. The second-order valence-electron chi connectivity index (χ2n) is 7.33. The van der Waals surface area contributed by atoms with Gasteiger partial charge in [0.2, 0.25) is 0 Å². The van der Waals surface area contributed by atoms with Crippen LogP contribution in [0.1, 0.15) is 12.8 Å². The molecule has 200 valence electrons. The van der Waals surface area contributed by atoms with Crippen LogP contribution < -0.4 is 0 Å². The Labute approximate surface area is 194 Å². The summed E-state index contributed by atoms with van der Waals surface area (Å²) >= 11 is 0. The van der Waals surface area contributed by atoms with Crippen LogP contribution in [0.15, 0.2) is 0 Å². The lowest BCUT2D eigenvalue weighted by atomic mass is 10.1. The average molecular weight is 530 g/mol. The zero-order valence-corrected chi connectivity index (χ0v) is 17.5. The Morgan fingerprint density at radius 3 is 0.972 bits per heavy atom. The average Bonchev–Trinajstić information content (AvgIpc) is 2.72. The summed E-state index contributed by atoms with van der Waals surface area (Å²) in [5.41, 5.74) is -3.21. The van der Waals surface area contributed by atoms with Crippen LogP contribution in [0.2, 0.25) is 0 Å². The molecule has 1 rings (SSSR count). The van der Waals surface area contributed by atoms with Crippen LogP contribution in [-0.4, -0.2) is 99.3 Å². The normalized spacial score (nSPS) is 16.6. The van der Waals surface area contributed by atoms with Gasteiger partial charge in [0.25, 0.3) is 0 Å². The van der Waals surface area contributed by atoms with Gasteiger partial charge in [-0.15, -0.1) is 0 Å². The highest BCUT2D eigenvalue weighted by Gasteiger charge is 2.72. The summed E-state index contributed by atoms with van der Waals surface area (Å²) in [6, 6.07) is 0. The molecule has 0 aliphatic carbocycles. The molecule has 0 aromatic rings. The summed E-state index contributed by atoms with van der Waals surface area (Å²) in [7, 11) is 0. The van der Waals surface area contributed by atoms with E-state index >= 15 is 0 Å². The summed E-state index contributed by atoms with van der Waals surface area (Å²) in [6.07, 6.45) is -3.11. The monoisotopic (exact) mass is 530 g/mol.